The molecule has 3 aromatic carbocycles. The van der Waals surface area contributed by atoms with E-state index >= 15 is 0 Å². The zero-order valence-corrected chi connectivity index (χ0v) is 27.5. The highest BCUT2D eigenvalue weighted by Crippen LogP contribution is 2.32. The van der Waals surface area contributed by atoms with Gasteiger partial charge in [-0.1, -0.05) is 65.4 Å². The topological polar surface area (TPSA) is 65.6 Å². The number of rotatable bonds is 7. The third-order valence-corrected chi connectivity index (χ3v) is 9.80. The predicted molar refractivity (Wildman–Crippen MR) is 180 cm³/mol. The number of hydrogen-bond donors (Lipinski definition) is 0. The number of carbonyl (C=O) groups is 1. The lowest BCUT2D eigenvalue weighted by Gasteiger charge is -2.25. The molecule has 0 saturated heterocycles. The Bertz CT molecular complexity index is 2100. The molecule has 5 aromatic rings. The molecule has 0 bridgehead atoms. The molecule has 0 unspecified atom stereocenters. The maximum absolute atomic E-state index is 14.3. The fraction of sp³-hybridized carbons (Fsp3) is 0.229. The molecule has 0 aliphatic carbocycles. The van der Waals surface area contributed by atoms with Gasteiger partial charge in [-0.25, -0.2) is 9.79 Å². The molecule has 2 aromatic heterocycles. The largest absolute Gasteiger partial charge is 0.459 e. The molecule has 1 atom stereocenters. The van der Waals surface area contributed by atoms with Crippen LogP contribution in [0, 0.1) is 6.92 Å². The first-order valence-corrected chi connectivity index (χ1v) is 16.8. The Kier molecular flexibility index (Phi) is 8.42. The molecule has 0 saturated carbocycles. The number of thioether (sulfide) groups is 1. The smallest absolute Gasteiger partial charge is 0.338 e. The van der Waals surface area contributed by atoms with Crippen molar-refractivity contribution in [3.8, 4) is 0 Å². The molecular formula is C35H32ClN3O3S2. The van der Waals surface area contributed by atoms with Crippen LogP contribution < -0.4 is 14.9 Å². The second-order valence-electron chi connectivity index (χ2n) is 11.0. The molecule has 0 N–H and O–H groups in total. The third kappa shape index (κ3) is 5.58. The number of thiazole rings is 1. The second kappa shape index (κ2) is 12.3. The number of nitrogens with zero attached hydrogens (tertiary/aromatic N) is 3. The van der Waals surface area contributed by atoms with Gasteiger partial charge in [0.05, 0.1) is 27.9 Å². The summed E-state index contributed by atoms with van der Waals surface area (Å²) >= 11 is 9.11. The highest BCUT2D eigenvalue weighted by molar-refractivity contribution is 7.98. The molecule has 44 heavy (non-hydrogen) atoms. The summed E-state index contributed by atoms with van der Waals surface area (Å²) in [5.41, 5.74) is 5.82. The van der Waals surface area contributed by atoms with Crippen LogP contribution in [0.1, 0.15) is 49.2 Å². The Morgan fingerprint density at radius 3 is 2.45 bits per heavy atom. The standard InChI is InChI=1S/C35H32ClN3O3S2/c1-20(2)42-34(41)31-21(3)37-35-39(32(31)24-12-16-26(43-5)17-13-24)33(40)30(44-35)18-28-22(4)38(29-9-7-6-8-27(28)29)19-23-10-14-25(36)15-11-23/h6-18,20,32H,19H2,1-5H3/b30-18-/t32-/m1/s1. The van der Waals surface area contributed by atoms with Gasteiger partial charge < -0.3 is 9.30 Å². The van der Waals surface area contributed by atoms with E-state index in [0.29, 0.717) is 32.2 Å². The molecular weight excluding hydrogens is 610 g/mol. The number of halogens is 1. The van der Waals surface area contributed by atoms with E-state index in [0.717, 1.165) is 38.2 Å². The minimum absolute atomic E-state index is 0.191. The van der Waals surface area contributed by atoms with Gasteiger partial charge >= 0.3 is 5.97 Å². The fourth-order valence-corrected chi connectivity index (χ4v) is 7.27. The first kappa shape index (κ1) is 30.2. The Morgan fingerprint density at radius 1 is 1.07 bits per heavy atom. The molecule has 3 heterocycles. The van der Waals surface area contributed by atoms with Crippen LogP contribution in [0.25, 0.3) is 17.0 Å². The van der Waals surface area contributed by atoms with Gasteiger partial charge in [0.15, 0.2) is 4.80 Å². The van der Waals surface area contributed by atoms with E-state index in [-0.39, 0.29) is 11.7 Å². The van der Waals surface area contributed by atoms with E-state index in [1.165, 1.54) is 11.3 Å². The predicted octanol–water partition coefficient (Wildman–Crippen LogP) is 6.87. The fourth-order valence-electron chi connectivity index (χ4n) is 5.71. The lowest BCUT2D eigenvalue weighted by Crippen LogP contribution is -2.40. The van der Waals surface area contributed by atoms with Crippen molar-refractivity contribution in [2.24, 2.45) is 4.99 Å². The lowest BCUT2D eigenvalue weighted by molar-refractivity contribution is -0.143. The number of aromatic nitrogens is 2. The van der Waals surface area contributed by atoms with E-state index in [1.54, 1.807) is 16.3 Å². The van der Waals surface area contributed by atoms with Gasteiger partial charge in [0, 0.05) is 38.6 Å². The Balaban J connectivity index is 1.53. The third-order valence-electron chi connectivity index (χ3n) is 7.82. The van der Waals surface area contributed by atoms with Crippen LogP contribution in [0.15, 0.2) is 98.7 Å². The van der Waals surface area contributed by atoms with Crippen LogP contribution >= 0.6 is 34.7 Å². The van der Waals surface area contributed by atoms with Gasteiger partial charge in [0.25, 0.3) is 5.56 Å². The molecule has 6 rings (SSSR count). The molecule has 224 valence electrons. The molecule has 6 nitrogen and oxygen atoms in total. The van der Waals surface area contributed by atoms with Gasteiger partial charge in [-0.15, -0.1) is 11.8 Å². The molecule has 0 radical (unpaired) electrons. The molecule has 0 spiro atoms. The van der Waals surface area contributed by atoms with E-state index in [2.05, 4.69) is 23.6 Å². The number of fused-ring (bicyclic) bond motifs is 2. The zero-order chi connectivity index (χ0) is 31.1. The number of allylic oxidation sites excluding steroid dienone is 1. The number of hydrogen-bond acceptors (Lipinski definition) is 6. The summed E-state index contributed by atoms with van der Waals surface area (Å²) < 4.78 is 10.1. The minimum Gasteiger partial charge on any atom is -0.459 e. The number of esters is 1. The average Bonchev–Trinajstić information content (AvgIpc) is 3.45. The van der Waals surface area contributed by atoms with Crippen LogP contribution in [0.5, 0.6) is 0 Å². The Morgan fingerprint density at radius 2 is 1.77 bits per heavy atom. The molecule has 9 heteroatoms. The number of ether oxygens (including phenoxy) is 1. The summed E-state index contributed by atoms with van der Waals surface area (Å²) in [7, 11) is 0. The Hall–Kier alpha value is -3.85. The van der Waals surface area contributed by atoms with Crippen molar-refractivity contribution >= 4 is 57.6 Å². The van der Waals surface area contributed by atoms with Crippen molar-refractivity contribution in [2.45, 2.75) is 51.3 Å². The van der Waals surface area contributed by atoms with Crippen molar-refractivity contribution in [1.82, 2.24) is 9.13 Å². The van der Waals surface area contributed by atoms with E-state index < -0.39 is 12.0 Å². The number of carbonyl (C=O) groups excluding carboxylic acids is 1. The van der Waals surface area contributed by atoms with Crippen molar-refractivity contribution in [3.63, 3.8) is 0 Å². The maximum Gasteiger partial charge on any atom is 0.338 e. The van der Waals surface area contributed by atoms with Crippen molar-refractivity contribution in [2.75, 3.05) is 6.26 Å². The van der Waals surface area contributed by atoms with E-state index in [9.17, 15) is 9.59 Å². The van der Waals surface area contributed by atoms with Crippen LogP contribution in [-0.2, 0) is 16.1 Å². The first-order chi connectivity index (χ1) is 21.2. The average molecular weight is 642 g/mol. The normalized spacial score (nSPS) is 15.2. The van der Waals surface area contributed by atoms with Crippen molar-refractivity contribution in [3.05, 3.63) is 131 Å². The lowest BCUT2D eigenvalue weighted by atomic mass is 9.96. The SMILES string of the molecule is CSc1ccc([C@@H]2C(C(=O)OC(C)C)=C(C)N=c3s/c(=C\c4c(C)n(Cc5ccc(Cl)cc5)c5ccccc45)c(=O)n32)cc1. The summed E-state index contributed by atoms with van der Waals surface area (Å²) in [5.74, 6) is -0.462. The quantitative estimate of drug-likeness (QED) is 0.144. The Labute approximate surface area is 269 Å². The van der Waals surface area contributed by atoms with Crippen LogP contribution in [0.4, 0.5) is 0 Å². The van der Waals surface area contributed by atoms with Crippen LogP contribution in [-0.4, -0.2) is 27.5 Å². The van der Waals surface area contributed by atoms with Gasteiger partial charge in [-0.2, -0.15) is 0 Å². The summed E-state index contributed by atoms with van der Waals surface area (Å²) in [4.78, 5) is 34.1. The maximum atomic E-state index is 14.3. The first-order valence-electron chi connectivity index (χ1n) is 14.4. The van der Waals surface area contributed by atoms with E-state index in [1.807, 2.05) is 93.8 Å². The van der Waals surface area contributed by atoms with Crippen LogP contribution in [0.3, 0.4) is 0 Å². The minimum atomic E-state index is -0.650. The van der Waals surface area contributed by atoms with E-state index in [4.69, 9.17) is 21.3 Å². The van der Waals surface area contributed by atoms with Crippen molar-refractivity contribution < 1.29 is 9.53 Å². The van der Waals surface area contributed by atoms with Gasteiger partial charge in [-0.3, -0.25) is 9.36 Å². The highest BCUT2D eigenvalue weighted by atomic mass is 35.5. The summed E-state index contributed by atoms with van der Waals surface area (Å²) in [6.07, 6.45) is 3.68. The van der Waals surface area contributed by atoms with Crippen molar-refractivity contribution in [1.29, 1.82) is 0 Å². The monoisotopic (exact) mass is 641 g/mol. The zero-order valence-electron chi connectivity index (χ0n) is 25.1. The summed E-state index contributed by atoms with van der Waals surface area (Å²) in [5, 5.41) is 1.76. The molecule has 1 aliphatic rings. The number of para-hydroxylation sites is 1. The molecule has 0 amide bonds. The van der Waals surface area contributed by atoms with Gasteiger partial charge in [0.2, 0.25) is 0 Å². The molecule has 0 fully saturated rings. The summed E-state index contributed by atoms with van der Waals surface area (Å²) in [6, 6.07) is 23.4. The van der Waals surface area contributed by atoms with Gasteiger partial charge in [0.1, 0.15) is 0 Å². The van der Waals surface area contributed by atoms with Crippen LogP contribution in [0.2, 0.25) is 5.02 Å². The molecule has 1 aliphatic heterocycles. The number of benzene rings is 3. The highest BCUT2D eigenvalue weighted by Gasteiger charge is 2.34. The summed E-state index contributed by atoms with van der Waals surface area (Å²) in [6.45, 7) is 8.20. The second-order valence-corrected chi connectivity index (χ2v) is 13.4. The van der Waals surface area contributed by atoms with Gasteiger partial charge in [-0.05, 0) is 81.5 Å².